The first kappa shape index (κ1) is 79.3. The van der Waals surface area contributed by atoms with Crippen LogP contribution in [0.4, 0.5) is 0 Å². The van der Waals surface area contributed by atoms with Crippen molar-refractivity contribution in [3.05, 3.63) is 0 Å². The summed E-state index contributed by atoms with van der Waals surface area (Å²) < 4.78 is 82.9. The van der Waals surface area contributed by atoms with Gasteiger partial charge in [0.1, 0.15) is 56.4 Å². The Kier molecular flexibility index (Phi) is 53.3. The first-order chi connectivity index (χ1) is 35.4. The van der Waals surface area contributed by atoms with Gasteiger partial charge in [-0.2, -0.15) is 0 Å². The molecule has 0 saturated carbocycles. The number of hydrogen-bond donors (Lipinski definition) is 0. The molecule has 0 aliphatic heterocycles. The quantitative estimate of drug-likeness (QED) is 0.0144. The summed E-state index contributed by atoms with van der Waals surface area (Å²) in [6.45, 7) is 15.8. The van der Waals surface area contributed by atoms with Crippen molar-refractivity contribution in [1.29, 1.82) is 0 Å². The minimum absolute atomic E-state index is 0.621. The Labute approximate surface area is 501 Å². The molecule has 0 aliphatic rings. The van der Waals surface area contributed by atoms with Crippen LogP contribution in [0.3, 0.4) is 0 Å². The maximum atomic E-state index is 6.00. The van der Waals surface area contributed by atoms with Gasteiger partial charge in [0.15, 0.2) is 0 Å². The van der Waals surface area contributed by atoms with Gasteiger partial charge in [-0.05, 0) is 154 Å². The van der Waals surface area contributed by atoms with Gasteiger partial charge in [0, 0.05) is 173 Å². The fourth-order valence-corrected chi connectivity index (χ4v) is 34.9. The largest absolute Gasteiger partial charge is 0.500 e. The molecule has 0 fully saturated rings. The van der Waals surface area contributed by atoms with E-state index in [1.165, 1.54) is 17.5 Å². The molecule has 32 heteroatoms. The summed E-state index contributed by atoms with van der Waals surface area (Å²) in [7, 11) is 31.0. The highest BCUT2D eigenvalue weighted by Gasteiger charge is 2.41. The zero-order valence-corrected chi connectivity index (χ0v) is 62.1. The summed E-state index contributed by atoms with van der Waals surface area (Å²) in [6.07, 6.45) is 3.95. The summed E-state index contributed by atoms with van der Waals surface area (Å²) in [5.74, 6) is 3.98. The van der Waals surface area contributed by atoms with Crippen molar-refractivity contribution < 1.29 is 71.4 Å². The first-order valence-electron chi connectivity index (χ1n) is 24.5. The highest BCUT2D eigenvalue weighted by atomic mass is 33.7. The molecule has 0 aromatic heterocycles. The average molecular weight is 1350 g/mol. The number of thioether (sulfide) groups is 4. The van der Waals surface area contributed by atoms with E-state index in [0.717, 1.165) is 72.9 Å². The van der Waals surface area contributed by atoms with Crippen molar-refractivity contribution in [3.8, 4) is 0 Å². The second-order valence-corrected chi connectivity index (χ2v) is 43.9. The third kappa shape index (κ3) is 36.1. The lowest BCUT2D eigenvalue weighted by Crippen LogP contribution is -2.46. The Balaban J connectivity index is 0. The number of hydrogen-bond acceptors (Lipinski definition) is 24. The molecule has 0 saturated heterocycles. The van der Waals surface area contributed by atoms with E-state index in [0.29, 0.717) is 39.6 Å². The summed E-state index contributed by atoms with van der Waals surface area (Å²) in [6, 6.07) is 3.32. The van der Waals surface area contributed by atoms with Gasteiger partial charge in [-0.1, -0.05) is 0 Å². The van der Waals surface area contributed by atoms with Gasteiger partial charge in [0.25, 0.3) is 17.5 Å². The molecule has 0 unspecified atom stereocenters. The molecule has 0 aliphatic carbocycles. The second kappa shape index (κ2) is 49.7. The van der Waals surface area contributed by atoms with Crippen LogP contribution in [0, 0.1) is 0 Å². The van der Waals surface area contributed by atoms with Crippen molar-refractivity contribution in [1.82, 2.24) is 0 Å². The lowest BCUT2D eigenvalue weighted by molar-refractivity contribution is -0.458. The van der Waals surface area contributed by atoms with Crippen LogP contribution < -0.4 is 0 Å². The normalized spacial score (nSPS) is 12.2. The molecule has 0 aromatic rings. The van der Waals surface area contributed by atoms with E-state index in [9.17, 15) is 0 Å². The van der Waals surface area contributed by atoms with Gasteiger partial charge in [0.2, 0.25) is 0 Å². The Morgan fingerprint density at radius 2 is 0.473 bits per heavy atom. The van der Waals surface area contributed by atoms with Gasteiger partial charge in [-0.3, -0.25) is 0 Å². The molecular formula is C42H96N4O12S12Si4+4. The van der Waals surface area contributed by atoms with Crippen LogP contribution in [0.2, 0.25) is 24.2 Å². The molecule has 16 nitrogen and oxygen atoms in total. The maximum absolute atomic E-state index is 6.00. The van der Waals surface area contributed by atoms with Crippen LogP contribution in [0.15, 0.2) is 0 Å². The van der Waals surface area contributed by atoms with E-state index in [2.05, 4.69) is 74.7 Å². The van der Waals surface area contributed by atoms with Crippen LogP contribution in [-0.2, 0) is 53.1 Å². The van der Waals surface area contributed by atoms with Crippen LogP contribution in [0.1, 0.15) is 67.2 Å². The fourth-order valence-electron chi connectivity index (χ4n) is 5.99. The topological polar surface area (TPSA) is 123 Å². The summed E-state index contributed by atoms with van der Waals surface area (Å²) >= 11 is 7.48. The van der Waals surface area contributed by atoms with E-state index in [4.69, 9.17) is 53.1 Å². The Morgan fingerprint density at radius 3 is 0.622 bits per heavy atom. The molecule has 0 radical (unpaired) electrons. The van der Waals surface area contributed by atoms with Crippen LogP contribution in [0.5, 0.6) is 0 Å². The Hall–Kier alpha value is 3.27. The van der Waals surface area contributed by atoms with Gasteiger partial charge < -0.3 is 53.1 Å². The monoisotopic (exact) mass is 1340 g/mol. The van der Waals surface area contributed by atoms with Gasteiger partial charge in [0.05, 0.1) is 0 Å². The summed E-state index contributed by atoms with van der Waals surface area (Å²) in [5.41, 5.74) is 0. The average Bonchev–Trinajstić information content (AvgIpc) is 3.37. The van der Waals surface area contributed by atoms with E-state index >= 15 is 0 Å². The number of nitrogens with zero attached hydrogens (tertiary/aromatic N) is 4. The third-order valence-electron chi connectivity index (χ3n) is 9.40. The Bertz CT molecular complexity index is 1400. The van der Waals surface area contributed by atoms with Crippen LogP contribution in [-0.4, -0.2) is 233 Å². The predicted molar refractivity (Wildman–Crippen MR) is 352 cm³/mol. The molecule has 0 rings (SSSR count). The standard InChI is InChI=1S/C24H54N2O6S6Si2.C18H42N2O6S6Si2/c1-11-27-39(28-12-2,29-13-3)21-17-19-33-23(25(7)8)35-37-38-36-24(26(9)10)34-20-18-22-40(30-14-4,31-15-5)32-16-6;1-19(2)17(27-13-11-15-33(21-5,22-6)23-7)29-31-32-30-18(20(3)4)28-14-12-16-34(24-8,25-9)26-10/h11-22H2,1-10H3;11-16H2,1-10H3/q2*+2. The molecule has 0 atom stereocenters. The molecule has 0 N–H and O–H groups in total. The second-order valence-electron chi connectivity index (χ2n) is 15.6. The first-order valence-corrected chi connectivity index (χ1v) is 45.9. The lowest BCUT2D eigenvalue weighted by Gasteiger charge is -2.28. The summed E-state index contributed by atoms with van der Waals surface area (Å²) in [4.78, 5) is 0. The van der Waals surface area contributed by atoms with Gasteiger partial charge in [-0.25, -0.2) is 18.3 Å². The highest BCUT2D eigenvalue weighted by Crippen LogP contribution is 2.48. The maximum Gasteiger partial charge on any atom is 0.500 e. The van der Waals surface area contributed by atoms with Crippen molar-refractivity contribution in [2.24, 2.45) is 0 Å². The third-order valence-corrected chi connectivity index (χ3v) is 41.4. The fraction of sp³-hybridized carbons (Fsp3) is 0.905. The van der Waals surface area contributed by atoms with Gasteiger partial charge >= 0.3 is 35.2 Å². The molecule has 0 amide bonds. The van der Waals surface area contributed by atoms with E-state index in [-0.39, 0.29) is 0 Å². The van der Waals surface area contributed by atoms with Crippen molar-refractivity contribution in [2.75, 3.05) is 162 Å². The molecule has 0 aromatic carbocycles. The summed E-state index contributed by atoms with van der Waals surface area (Å²) in [5, 5.41) is 0. The molecule has 0 heterocycles. The molecule has 0 bridgehead atoms. The molecule has 74 heavy (non-hydrogen) atoms. The molecule has 0 spiro atoms. The zero-order chi connectivity index (χ0) is 56.3. The zero-order valence-electron chi connectivity index (χ0n) is 48.3. The van der Waals surface area contributed by atoms with E-state index in [1.807, 2.05) is 110 Å². The highest BCUT2D eigenvalue weighted by molar-refractivity contribution is 9.30. The van der Waals surface area contributed by atoms with Crippen molar-refractivity contribution in [3.63, 3.8) is 0 Å². The molecular weight excluding hydrogens is 1250 g/mol. The lowest BCUT2D eigenvalue weighted by atomic mass is 10.6. The van der Waals surface area contributed by atoms with E-state index < -0.39 is 35.2 Å². The number of rotatable bonds is 40. The van der Waals surface area contributed by atoms with Crippen molar-refractivity contribution >= 4 is 182 Å². The predicted octanol–water partition coefficient (Wildman–Crippen LogP) is 12.2. The smallest absolute Gasteiger partial charge is 0.377 e. The van der Waals surface area contributed by atoms with Crippen LogP contribution in [0.25, 0.3) is 0 Å². The Morgan fingerprint density at radius 1 is 0.297 bits per heavy atom. The van der Waals surface area contributed by atoms with E-state index in [1.54, 1.807) is 104 Å². The van der Waals surface area contributed by atoms with Crippen molar-refractivity contribution in [2.45, 2.75) is 91.4 Å². The van der Waals surface area contributed by atoms with Gasteiger partial charge in [-0.15, -0.1) is 0 Å². The SMILES string of the molecule is CCO[Si](CCCSC(SSSSC(SCCC[Si](OCC)(OCC)OCC)=[N+](C)C)=[N+](C)C)(OCC)OCC.CO[Si](CCCSC(SSSSC(SCCC[Si](OC)(OC)OC)=[N+](C)C)=[N+](C)C)(OC)OC. The van der Waals surface area contributed by atoms with Crippen LogP contribution >= 0.6 is 130 Å². The molecule has 440 valence electrons. The minimum atomic E-state index is -2.57. The minimum Gasteiger partial charge on any atom is -0.377 e.